The number of rotatable bonds is 5. The van der Waals surface area contributed by atoms with E-state index in [0.29, 0.717) is 25.0 Å². The summed E-state index contributed by atoms with van der Waals surface area (Å²) in [5.41, 5.74) is 3.48. The number of thioether (sulfide) groups is 1. The van der Waals surface area contributed by atoms with Gasteiger partial charge in [-0.25, -0.2) is 4.98 Å². The van der Waals surface area contributed by atoms with Crippen LogP contribution in [0.2, 0.25) is 0 Å². The van der Waals surface area contributed by atoms with Gasteiger partial charge in [0.2, 0.25) is 5.91 Å². The molecule has 3 heterocycles. The van der Waals surface area contributed by atoms with Crippen molar-refractivity contribution in [3.8, 4) is 11.5 Å². The summed E-state index contributed by atoms with van der Waals surface area (Å²) >= 11 is 1.61. The van der Waals surface area contributed by atoms with Crippen LogP contribution in [0.25, 0.3) is 0 Å². The molecule has 2 fully saturated rings. The van der Waals surface area contributed by atoms with Crippen LogP contribution < -0.4 is 9.47 Å². The Kier molecular flexibility index (Phi) is 6.35. The highest BCUT2D eigenvalue weighted by atomic mass is 32.2. The first-order valence-electron chi connectivity index (χ1n) is 12.0. The Morgan fingerprint density at radius 2 is 1.84 bits per heavy atom. The number of imidazole rings is 1. The highest BCUT2D eigenvalue weighted by Crippen LogP contribution is 2.39. The van der Waals surface area contributed by atoms with Crippen LogP contribution in [0.4, 0.5) is 0 Å². The first kappa shape index (κ1) is 21.7. The molecule has 0 radical (unpaired) electrons. The minimum atomic E-state index is 0.112. The summed E-state index contributed by atoms with van der Waals surface area (Å²) < 4.78 is 13.8. The summed E-state index contributed by atoms with van der Waals surface area (Å²) in [6, 6.07) is 6.76. The van der Waals surface area contributed by atoms with Gasteiger partial charge >= 0.3 is 0 Å². The molecule has 1 saturated carbocycles. The third-order valence-electron chi connectivity index (χ3n) is 7.14. The minimum Gasteiger partial charge on any atom is -0.486 e. The fraction of sp³-hybridized carbons (Fsp3) is 0.600. The van der Waals surface area contributed by atoms with E-state index < -0.39 is 0 Å². The molecule has 0 bridgehead atoms. The van der Waals surface area contributed by atoms with Gasteiger partial charge in [0.25, 0.3) is 0 Å². The number of carbonyl (C=O) groups is 1. The lowest BCUT2D eigenvalue weighted by molar-refractivity contribution is -0.129. The fourth-order valence-corrected chi connectivity index (χ4v) is 6.40. The average molecular weight is 456 g/mol. The molecule has 1 amide bonds. The minimum absolute atomic E-state index is 0.112. The average Bonchev–Trinajstić information content (AvgIpc) is 3.43. The van der Waals surface area contributed by atoms with E-state index in [1.54, 1.807) is 11.8 Å². The number of ether oxygens (including phenoxy) is 2. The van der Waals surface area contributed by atoms with E-state index in [2.05, 4.69) is 30.5 Å². The molecule has 7 heteroatoms. The van der Waals surface area contributed by atoms with Crippen molar-refractivity contribution in [1.82, 2.24) is 14.5 Å². The summed E-state index contributed by atoms with van der Waals surface area (Å²) in [5.74, 6) is 2.22. The molecule has 1 unspecified atom stereocenters. The predicted octanol–water partition coefficient (Wildman–Crippen LogP) is 5.23. The molecule has 3 aliphatic rings. The smallest absolute Gasteiger partial charge is 0.233 e. The second-order valence-corrected chi connectivity index (χ2v) is 10.1. The normalized spacial score (nSPS) is 21.2. The maximum atomic E-state index is 13.3. The van der Waals surface area contributed by atoms with Crippen LogP contribution in [-0.4, -0.2) is 45.9 Å². The van der Waals surface area contributed by atoms with Gasteiger partial charge in [-0.3, -0.25) is 4.79 Å². The standard InChI is InChI=1S/C25H33N3O3S/c1-17-18(2)28(20-7-4-3-5-8-20)25(26-17)32-16-24(29)27-12-6-9-21(27)19-10-11-22-23(15-19)31-14-13-30-22/h10-11,15,20-21H,3-9,12-14,16H2,1-2H3. The fourth-order valence-electron chi connectivity index (χ4n) is 5.36. The molecule has 172 valence electrons. The van der Waals surface area contributed by atoms with Crippen molar-refractivity contribution in [3.63, 3.8) is 0 Å². The first-order chi connectivity index (χ1) is 15.6. The van der Waals surface area contributed by atoms with Crippen LogP contribution in [0, 0.1) is 13.8 Å². The molecule has 6 nitrogen and oxygen atoms in total. The van der Waals surface area contributed by atoms with Crippen molar-refractivity contribution in [3.05, 3.63) is 35.2 Å². The summed E-state index contributed by atoms with van der Waals surface area (Å²) in [7, 11) is 0. The van der Waals surface area contributed by atoms with Gasteiger partial charge in [-0.15, -0.1) is 0 Å². The zero-order valence-corrected chi connectivity index (χ0v) is 20.0. The number of aromatic nitrogens is 2. The number of hydrogen-bond donors (Lipinski definition) is 0. The molecular formula is C25H33N3O3S. The van der Waals surface area contributed by atoms with Gasteiger partial charge in [0, 0.05) is 18.3 Å². The van der Waals surface area contributed by atoms with Crippen molar-refractivity contribution < 1.29 is 14.3 Å². The molecular weight excluding hydrogens is 422 g/mol. The number of aryl methyl sites for hydroxylation is 1. The lowest BCUT2D eigenvalue weighted by Gasteiger charge is -2.27. The van der Waals surface area contributed by atoms with Crippen LogP contribution in [0.15, 0.2) is 23.4 Å². The molecule has 0 spiro atoms. The van der Waals surface area contributed by atoms with Crippen molar-refractivity contribution in [1.29, 1.82) is 0 Å². The maximum absolute atomic E-state index is 13.3. The third-order valence-corrected chi connectivity index (χ3v) is 8.08. The highest BCUT2D eigenvalue weighted by Gasteiger charge is 2.31. The Morgan fingerprint density at radius 1 is 1.06 bits per heavy atom. The Labute approximate surface area is 194 Å². The zero-order valence-electron chi connectivity index (χ0n) is 19.1. The Hall–Kier alpha value is -2.15. The van der Waals surface area contributed by atoms with Crippen LogP contribution >= 0.6 is 11.8 Å². The topological polar surface area (TPSA) is 56.6 Å². The summed E-state index contributed by atoms with van der Waals surface area (Å²) in [6.45, 7) is 6.23. The second-order valence-electron chi connectivity index (χ2n) is 9.16. The van der Waals surface area contributed by atoms with Crippen molar-refractivity contribution in [2.24, 2.45) is 0 Å². The quantitative estimate of drug-likeness (QED) is 0.578. The highest BCUT2D eigenvalue weighted by molar-refractivity contribution is 7.99. The molecule has 1 aliphatic carbocycles. The maximum Gasteiger partial charge on any atom is 0.233 e. The largest absolute Gasteiger partial charge is 0.486 e. The summed E-state index contributed by atoms with van der Waals surface area (Å²) in [5, 5.41) is 1.01. The predicted molar refractivity (Wildman–Crippen MR) is 126 cm³/mol. The van der Waals surface area contributed by atoms with Crippen molar-refractivity contribution >= 4 is 17.7 Å². The first-order valence-corrected chi connectivity index (χ1v) is 13.0. The molecule has 1 aromatic heterocycles. The van der Waals surface area contributed by atoms with Crippen LogP contribution in [0.3, 0.4) is 0 Å². The third kappa shape index (κ3) is 4.24. The van der Waals surface area contributed by atoms with E-state index in [-0.39, 0.29) is 11.9 Å². The molecule has 0 N–H and O–H groups in total. The van der Waals surface area contributed by atoms with Gasteiger partial charge < -0.3 is 18.9 Å². The Morgan fingerprint density at radius 3 is 2.66 bits per heavy atom. The van der Waals surface area contributed by atoms with Gasteiger partial charge in [-0.05, 0) is 57.2 Å². The molecule has 32 heavy (non-hydrogen) atoms. The number of benzene rings is 1. The molecule has 1 atom stereocenters. The molecule has 5 rings (SSSR count). The van der Waals surface area contributed by atoms with Crippen molar-refractivity contribution in [2.75, 3.05) is 25.5 Å². The van der Waals surface area contributed by atoms with Crippen molar-refractivity contribution in [2.45, 2.75) is 76.0 Å². The monoisotopic (exact) mass is 455 g/mol. The molecule has 1 aromatic carbocycles. The number of amides is 1. The molecule has 2 aliphatic heterocycles. The molecule has 1 saturated heterocycles. The van der Waals surface area contributed by atoms with E-state index in [0.717, 1.165) is 47.3 Å². The number of likely N-dealkylation sites (tertiary alicyclic amines) is 1. The van der Waals surface area contributed by atoms with E-state index >= 15 is 0 Å². The number of carbonyl (C=O) groups excluding carboxylic acids is 1. The Balaban J connectivity index is 1.29. The van der Waals surface area contributed by atoms with Gasteiger partial charge in [-0.1, -0.05) is 37.1 Å². The zero-order chi connectivity index (χ0) is 22.1. The lowest BCUT2D eigenvalue weighted by atomic mass is 9.95. The number of hydrogen-bond acceptors (Lipinski definition) is 5. The van der Waals surface area contributed by atoms with Crippen LogP contribution in [0.5, 0.6) is 11.5 Å². The SMILES string of the molecule is Cc1nc(SCC(=O)N2CCCC2c2ccc3c(c2)OCCO3)n(C2CCCCC2)c1C. The van der Waals surface area contributed by atoms with E-state index in [4.69, 9.17) is 14.5 Å². The van der Waals surface area contributed by atoms with E-state index in [1.807, 2.05) is 11.0 Å². The molecule has 2 aromatic rings. The number of fused-ring (bicyclic) bond motifs is 1. The Bertz CT molecular complexity index is 983. The lowest BCUT2D eigenvalue weighted by Crippen LogP contribution is -2.32. The van der Waals surface area contributed by atoms with E-state index in [1.165, 1.54) is 37.8 Å². The van der Waals surface area contributed by atoms with Gasteiger partial charge in [-0.2, -0.15) is 0 Å². The van der Waals surface area contributed by atoms with Crippen LogP contribution in [-0.2, 0) is 4.79 Å². The van der Waals surface area contributed by atoms with Gasteiger partial charge in [0.15, 0.2) is 16.7 Å². The van der Waals surface area contributed by atoms with Gasteiger partial charge in [0.1, 0.15) is 13.2 Å². The summed E-state index contributed by atoms with van der Waals surface area (Å²) in [4.78, 5) is 20.2. The second kappa shape index (κ2) is 9.38. The number of nitrogens with zero attached hydrogens (tertiary/aromatic N) is 3. The van der Waals surface area contributed by atoms with Crippen LogP contribution in [0.1, 0.15) is 74.0 Å². The van der Waals surface area contributed by atoms with Gasteiger partial charge in [0.05, 0.1) is 17.5 Å². The van der Waals surface area contributed by atoms with E-state index in [9.17, 15) is 4.79 Å². The summed E-state index contributed by atoms with van der Waals surface area (Å²) in [6.07, 6.45) is 8.37.